The molecule has 5 nitrogen and oxygen atoms in total. The number of rotatable bonds is 7. The summed E-state index contributed by atoms with van der Waals surface area (Å²) in [6.45, 7) is 5.47. The van der Waals surface area contributed by atoms with E-state index in [0.29, 0.717) is 18.4 Å². The number of hydrogen-bond donors (Lipinski definition) is 1. The molecule has 118 valence electrons. The first kappa shape index (κ1) is 17.7. The Morgan fingerprint density at radius 2 is 1.95 bits per heavy atom. The molecule has 0 aliphatic heterocycles. The summed E-state index contributed by atoms with van der Waals surface area (Å²) in [5.41, 5.74) is 0.0798. The fraction of sp³-hybridized carbons (Fsp3) is 0.533. The Bertz CT molecular complexity index is 617. The number of sulfone groups is 1. The summed E-state index contributed by atoms with van der Waals surface area (Å²) in [6, 6.07) is 4.24. The van der Waals surface area contributed by atoms with Gasteiger partial charge in [-0.25, -0.2) is 13.2 Å². The number of aromatic carboxylic acids is 1. The van der Waals surface area contributed by atoms with Crippen molar-refractivity contribution < 1.29 is 23.1 Å². The molecule has 0 spiro atoms. The maximum atomic E-state index is 12.5. The molecule has 1 aromatic carbocycles. The van der Waals surface area contributed by atoms with Gasteiger partial charge in [-0.05, 0) is 44.4 Å². The number of carbonyl (C=O) groups is 1. The molecule has 1 rings (SSSR count). The summed E-state index contributed by atoms with van der Waals surface area (Å²) < 4.78 is 30.2. The van der Waals surface area contributed by atoms with Crippen LogP contribution in [-0.4, -0.2) is 38.0 Å². The molecule has 0 bridgehead atoms. The lowest BCUT2D eigenvalue weighted by atomic mass is 10.1. The van der Waals surface area contributed by atoms with Crippen molar-refractivity contribution in [2.45, 2.75) is 44.1 Å². The van der Waals surface area contributed by atoms with Gasteiger partial charge in [0.1, 0.15) is 0 Å². The number of carboxylic acid groups (broad SMARTS) is 1. The van der Waals surface area contributed by atoms with E-state index in [1.54, 1.807) is 6.07 Å². The SMILES string of the molecule is CCc1ccc(C(=O)O)cc1S(=O)(=O)CCC(C)(C)OC. The van der Waals surface area contributed by atoms with E-state index < -0.39 is 21.4 Å². The van der Waals surface area contributed by atoms with Gasteiger partial charge in [0.25, 0.3) is 0 Å². The molecule has 0 amide bonds. The average molecular weight is 314 g/mol. The number of carboxylic acids is 1. The predicted octanol–water partition coefficient (Wildman–Crippen LogP) is 2.54. The van der Waals surface area contributed by atoms with Crippen LogP contribution in [0.3, 0.4) is 0 Å². The summed E-state index contributed by atoms with van der Waals surface area (Å²) >= 11 is 0. The zero-order valence-corrected chi connectivity index (χ0v) is 13.7. The highest BCUT2D eigenvalue weighted by Crippen LogP contribution is 2.23. The molecule has 0 aromatic heterocycles. The van der Waals surface area contributed by atoms with Crippen LogP contribution in [0.4, 0.5) is 0 Å². The van der Waals surface area contributed by atoms with Crippen LogP contribution in [0.25, 0.3) is 0 Å². The van der Waals surface area contributed by atoms with E-state index in [-0.39, 0.29) is 16.2 Å². The third-order valence-electron chi connectivity index (χ3n) is 3.56. The maximum absolute atomic E-state index is 12.5. The van der Waals surface area contributed by atoms with Crippen molar-refractivity contribution in [3.63, 3.8) is 0 Å². The van der Waals surface area contributed by atoms with Gasteiger partial charge in [-0.1, -0.05) is 13.0 Å². The van der Waals surface area contributed by atoms with Crippen LogP contribution in [0, 0.1) is 0 Å². The second-order valence-electron chi connectivity index (χ2n) is 5.51. The van der Waals surface area contributed by atoms with E-state index in [1.807, 2.05) is 20.8 Å². The number of hydrogen-bond acceptors (Lipinski definition) is 4. The van der Waals surface area contributed by atoms with Crippen LogP contribution in [0.15, 0.2) is 23.1 Å². The van der Waals surface area contributed by atoms with Gasteiger partial charge in [-0.2, -0.15) is 0 Å². The Balaban J connectivity index is 3.17. The van der Waals surface area contributed by atoms with Crippen molar-refractivity contribution in [1.29, 1.82) is 0 Å². The van der Waals surface area contributed by atoms with Gasteiger partial charge in [-0.15, -0.1) is 0 Å². The highest BCUT2D eigenvalue weighted by Gasteiger charge is 2.25. The van der Waals surface area contributed by atoms with E-state index in [4.69, 9.17) is 9.84 Å². The number of benzene rings is 1. The summed E-state index contributed by atoms with van der Waals surface area (Å²) in [5.74, 6) is -1.21. The highest BCUT2D eigenvalue weighted by atomic mass is 32.2. The summed E-state index contributed by atoms with van der Waals surface area (Å²) in [5, 5.41) is 9.02. The van der Waals surface area contributed by atoms with Crippen molar-refractivity contribution in [2.75, 3.05) is 12.9 Å². The summed E-state index contributed by atoms with van der Waals surface area (Å²) in [6.07, 6.45) is 0.869. The summed E-state index contributed by atoms with van der Waals surface area (Å²) in [4.78, 5) is 11.1. The second kappa shape index (κ2) is 6.58. The lowest BCUT2D eigenvalue weighted by Crippen LogP contribution is -2.26. The van der Waals surface area contributed by atoms with Crippen LogP contribution in [0.2, 0.25) is 0 Å². The number of ether oxygens (including phenoxy) is 1. The van der Waals surface area contributed by atoms with Crippen molar-refractivity contribution in [2.24, 2.45) is 0 Å². The number of aryl methyl sites for hydroxylation is 1. The molecule has 0 radical (unpaired) electrons. The van der Waals surface area contributed by atoms with Gasteiger partial charge in [0, 0.05) is 7.11 Å². The minimum Gasteiger partial charge on any atom is -0.478 e. The lowest BCUT2D eigenvalue weighted by molar-refractivity contribution is 0.0203. The largest absolute Gasteiger partial charge is 0.478 e. The van der Waals surface area contributed by atoms with Gasteiger partial charge in [0.05, 0.1) is 21.8 Å². The Labute approximate surface area is 125 Å². The Morgan fingerprint density at radius 1 is 1.33 bits per heavy atom. The normalized spacial score (nSPS) is 12.4. The predicted molar refractivity (Wildman–Crippen MR) is 80.5 cm³/mol. The molecule has 21 heavy (non-hydrogen) atoms. The van der Waals surface area contributed by atoms with Crippen LogP contribution < -0.4 is 0 Å². The fourth-order valence-electron chi connectivity index (χ4n) is 1.86. The Morgan fingerprint density at radius 3 is 2.43 bits per heavy atom. The van der Waals surface area contributed by atoms with E-state index in [9.17, 15) is 13.2 Å². The molecule has 1 N–H and O–H groups in total. The first-order chi connectivity index (χ1) is 9.63. The molecule has 0 fully saturated rings. The van der Waals surface area contributed by atoms with E-state index >= 15 is 0 Å². The van der Waals surface area contributed by atoms with E-state index in [0.717, 1.165) is 0 Å². The Hall–Kier alpha value is -1.40. The van der Waals surface area contributed by atoms with Gasteiger partial charge in [0.15, 0.2) is 9.84 Å². The molecule has 0 aliphatic rings. The molecule has 1 aromatic rings. The third-order valence-corrected chi connectivity index (χ3v) is 5.35. The molecule has 0 heterocycles. The zero-order valence-electron chi connectivity index (χ0n) is 12.8. The summed E-state index contributed by atoms with van der Waals surface area (Å²) in [7, 11) is -2.01. The van der Waals surface area contributed by atoms with Gasteiger partial charge < -0.3 is 9.84 Å². The quantitative estimate of drug-likeness (QED) is 0.836. The molecular formula is C15H22O5S. The Kier molecular flexibility index (Phi) is 5.53. The van der Waals surface area contributed by atoms with Gasteiger partial charge in [-0.3, -0.25) is 0 Å². The topological polar surface area (TPSA) is 80.7 Å². The van der Waals surface area contributed by atoms with Crippen LogP contribution in [0.1, 0.15) is 43.1 Å². The van der Waals surface area contributed by atoms with Gasteiger partial charge in [0.2, 0.25) is 0 Å². The lowest BCUT2D eigenvalue weighted by Gasteiger charge is -2.22. The monoisotopic (exact) mass is 314 g/mol. The van der Waals surface area contributed by atoms with Crippen LogP contribution >= 0.6 is 0 Å². The van der Waals surface area contributed by atoms with E-state index in [2.05, 4.69) is 0 Å². The van der Waals surface area contributed by atoms with Crippen molar-refractivity contribution in [3.05, 3.63) is 29.3 Å². The minimum atomic E-state index is -3.55. The first-order valence-corrected chi connectivity index (χ1v) is 8.42. The standard InChI is InChI=1S/C15H22O5S/c1-5-11-6-7-12(14(16)17)10-13(11)21(18,19)9-8-15(2,3)20-4/h6-7,10H,5,8-9H2,1-4H3,(H,16,17). The third kappa shape index (κ3) is 4.54. The molecule has 0 saturated heterocycles. The van der Waals surface area contributed by atoms with Crippen molar-refractivity contribution in [1.82, 2.24) is 0 Å². The van der Waals surface area contributed by atoms with E-state index in [1.165, 1.54) is 19.2 Å². The minimum absolute atomic E-state index is 0.0169. The average Bonchev–Trinajstić information content (AvgIpc) is 2.44. The number of methoxy groups -OCH3 is 1. The van der Waals surface area contributed by atoms with Gasteiger partial charge >= 0.3 is 5.97 Å². The molecule has 6 heteroatoms. The van der Waals surface area contributed by atoms with Crippen LogP contribution in [0.5, 0.6) is 0 Å². The molecule has 0 saturated carbocycles. The first-order valence-electron chi connectivity index (χ1n) is 6.77. The maximum Gasteiger partial charge on any atom is 0.335 e. The fourth-order valence-corrected chi connectivity index (χ4v) is 3.76. The smallest absolute Gasteiger partial charge is 0.335 e. The van der Waals surface area contributed by atoms with Crippen molar-refractivity contribution >= 4 is 15.8 Å². The highest BCUT2D eigenvalue weighted by molar-refractivity contribution is 7.91. The molecule has 0 unspecified atom stereocenters. The van der Waals surface area contributed by atoms with Crippen molar-refractivity contribution in [3.8, 4) is 0 Å². The van der Waals surface area contributed by atoms with Crippen LogP contribution in [-0.2, 0) is 21.0 Å². The molecule has 0 atom stereocenters. The zero-order chi connectivity index (χ0) is 16.3. The molecular weight excluding hydrogens is 292 g/mol. The second-order valence-corrected chi connectivity index (χ2v) is 7.59. The molecule has 0 aliphatic carbocycles.